The Kier molecular flexibility index (Phi) is 5.68. The van der Waals surface area contributed by atoms with Crippen molar-refractivity contribution in [3.63, 3.8) is 0 Å². The van der Waals surface area contributed by atoms with Crippen LogP contribution in [-0.2, 0) is 17.9 Å². The van der Waals surface area contributed by atoms with Gasteiger partial charge in [-0.05, 0) is 24.1 Å². The SMILES string of the molecule is Cc1ccccc1CN1CCN(C(=O)c2ccn(CCC(=O)O)n2)CC1. The van der Waals surface area contributed by atoms with Gasteiger partial charge in [0.05, 0.1) is 13.0 Å². The maximum atomic E-state index is 12.6. The van der Waals surface area contributed by atoms with Crippen LogP contribution in [0.15, 0.2) is 36.5 Å². The van der Waals surface area contributed by atoms with E-state index in [4.69, 9.17) is 5.11 Å². The number of aliphatic carboxylic acids is 1. The van der Waals surface area contributed by atoms with E-state index >= 15 is 0 Å². The number of aryl methyl sites for hydroxylation is 2. The molecule has 0 aliphatic carbocycles. The molecule has 3 rings (SSSR count). The topological polar surface area (TPSA) is 78.7 Å². The lowest BCUT2D eigenvalue weighted by Gasteiger charge is -2.34. The van der Waals surface area contributed by atoms with Crippen molar-refractivity contribution in [2.24, 2.45) is 0 Å². The summed E-state index contributed by atoms with van der Waals surface area (Å²) in [5.41, 5.74) is 2.99. The van der Waals surface area contributed by atoms with Crippen LogP contribution in [0.1, 0.15) is 28.0 Å². The first-order valence-corrected chi connectivity index (χ1v) is 8.84. The molecule has 0 unspecified atom stereocenters. The summed E-state index contributed by atoms with van der Waals surface area (Å²) in [7, 11) is 0. The molecule has 1 aromatic heterocycles. The van der Waals surface area contributed by atoms with Gasteiger partial charge in [-0.1, -0.05) is 24.3 Å². The Morgan fingerprint density at radius 1 is 1.12 bits per heavy atom. The van der Waals surface area contributed by atoms with Crippen LogP contribution < -0.4 is 0 Å². The van der Waals surface area contributed by atoms with Crippen molar-refractivity contribution in [3.05, 3.63) is 53.3 Å². The van der Waals surface area contributed by atoms with Gasteiger partial charge in [0, 0.05) is 38.9 Å². The molecule has 1 N–H and O–H groups in total. The summed E-state index contributed by atoms with van der Waals surface area (Å²) in [6, 6.07) is 10.0. The first-order valence-electron chi connectivity index (χ1n) is 8.84. The van der Waals surface area contributed by atoms with Crippen LogP contribution in [0.4, 0.5) is 0 Å². The molecule has 2 aromatic rings. The van der Waals surface area contributed by atoms with Gasteiger partial charge < -0.3 is 10.0 Å². The van der Waals surface area contributed by atoms with E-state index in [2.05, 4.69) is 35.1 Å². The molecule has 1 aliphatic rings. The standard InChI is InChI=1S/C19H24N4O3/c1-15-4-2-3-5-16(15)14-21-10-12-22(13-11-21)19(26)17-6-8-23(20-17)9-7-18(24)25/h2-6,8H,7,9-14H2,1H3,(H,24,25). The fourth-order valence-electron chi connectivity index (χ4n) is 3.11. The molecule has 0 atom stereocenters. The third-order valence-electron chi connectivity index (χ3n) is 4.73. The van der Waals surface area contributed by atoms with E-state index in [1.165, 1.54) is 15.8 Å². The van der Waals surface area contributed by atoms with E-state index in [9.17, 15) is 9.59 Å². The van der Waals surface area contributed by atoms with Crippen LogP contribution >= 0.6 is 0 Å². The highest BCUT2D eigenvalue weighted by Gasteiger charge is 2.23. The number of nitrogens with zero attached hydrogens (tertiary/aromatic N) is 4. The summed E-state index contributed by atoms with van der Waals surface area (Å²) in [5, 5.41) is 12.9. The number of benzene rings is 1. The molecule has 0 bridgehead atoms. The van der Waals surface area contributed by atoms with Crippen LogP contribution in [0.5, 0.6) is 0 Å². The van der Waals surface area contributed by atoms with E-state index in [1.807, 2.05) is 11.0 Å². The normalized spacial score (nSPS) is 15.2. The average molecular weight is 356 g/mol. The minimum atomic E-state index is -0.877. The van der Waals surface area contributed by atoms with Gasteiger partial charge in [-0.15, -0.1) is 0 Å². The highest BCUT2D eigenvalue weighted by atomic mass is 16.4. The number of carbonyl (C=O) groups excluding carboxylic acids is 1. The van der Waals surface area contributed by atoms with E-state index < -0.39 is 5.97 Å². The van der Waals surface area contributed by atoms with Gasteiger partial charge in [0.1, 0.15) is 5.69 Å². The Morgan fingerprint density at radius 3 is 2.54 bits per heavy atom. The number of carboxylic acids is 1. The van der Waals surface area contributed by atoms with Crippen molar-refractivity contribution in [3.8, 4) is 0 Å². The Morgan fingerprint density at radius 2 is 1.85 bits per heavy atom. The van der Waals surface area contributed by atoms with Gasteiger partial charge in [0.2, 0.25) is 0 Å². The first-order chi connectivity index (χ1) is 12.5. The summed E-state index contributed by atoms with van der Waals surface area (Å²) < 4.78 is 1.51. The lowest BCUT2D eigenvalue weighted by molar-refractivity contribution is -0.137. The Balaban J connectivity index is 1.52. The van der Waals surface area contributed by atoms with Crippen molar-refractivity contribution >= 4 is 11.9 Å². The number of piperazine rings is 1. The van der Waals surface area contributed by atoms with Gasteiger partial charge in [-0.3, -0.25) is 19.2 Å². The van der Waals surface area contributed by atoms with Gasteiger partial charge in [-0.2, -0.15) is 5.10 Å². The Labute approximate surface area is 152 Å². The van der Waals surface area contributed by atoms with Crippen molar-refractivity contribution in [2.45, 2.75) is 26.4 Å². The third-order valence-corrected chi connectivity index (χ3v) is 4.73. The van der Waals surface area contributed by atoms with Crippen LogP contribution in [0.25, 0.3) is 0 Å². The van der Waals surface area contributed by atoms with E-state index in [-0.39, 0.29) is 18.9 Å². The molecule has 0 saturated carbocycles. The second kappa shape index (κ2) is 8.14. The summed E-state index contributed by atoms with van der Waals surface area (Å²) in [6.07, 6.45) is 1.65. The molecule has 1 saturated heterocycles. The van der Waals surface area contributed by atoms with Gasteiger partial charge in [-0.25, -0.2) is 0 Å². The quantitative estimate of drug-likeness (QED) is 0.851. The van der Waals surface area contributed by atoms with Crippen LogP contribution in [-0.4, -0.2) is 62.7 Å². The summed E-state index contributed by atoms with van der Waals surface area (Å²) in [4.78, 5) is 27.4. The second-order valence-corrected chi connectivity index (χ2v) is 6.60. The lowest BCUT2D eigenvalue weighted by atomic mass is 10.1. The third kappa shape index (κ3) is 4.49. The predicted molar refractivity (Wildman–Crippen MR) is 96.8 cm³/mol. The van der Waals surface area contributed by atoms with E-state index in [0.29, 0.717) is 18.8 Å². The predicted octanol–water partition coefficient (Wildman–Crippen LogP) is 1.62. The van der Waals surface area contributed by atoms with E-state index in [1.54, 1.807) is 12.3 Å². The van der Waals surface area contributed by atoms with Crippen LogP contribution in [0, 0.1) is 6.92 Å². The zero-order valence-corrected chi connectivity index (χ0v) is 15.0. The van der Waals surface area contributed by atoms with Crippen molar-refractivity contribution in [1.29, 1.82) is 0 Å². The second-order valence-electron chi connectivity index (χ2n) is 6.60. The Bertz CT molecular complexity index is 779. The zero-order valence-electron chi connectivity index (χ0n) is 15.0. The molecule has 2 heterocycles. The lowest BCUT2D eigenvalue weighted by Crippen LogP contribution is -2.48. The molecule has 7 nitrogen and oxygen atoms in total. The highest BCUT2D eigenvalue weighted by molar-refractivity contribution is 5.92. The maximum Gasteiger partial charge on any atom is 0.305 e. The minimum Gasteiger partial charge on any atom is -0.481 e. The molecule has 1 fully saturated rings. The molecule has 1 aliphatic heterocycles. The first kappa shape index (κ1) is 18.1. The number of rotatable bonds is 6. The van der Waals surface area contributed by atoms with Crippen LogP contribution in [0.2, 0.25) is 0 Å². The van der Waals surface area contributed by atoms with Crippen molar-refractivity contribution in [2.75, 3.05) is 26.2 Å². The summed E-state index contributed by atoms with van der Waals surface area (Å²) in [5.74, 6) is -0.965. The number of hydrogen-bond acceptors (Lipinski definition) is 4. The van der Waals surface area contributed by atoms with Crippen molar-refractivity contribution < 1.29 is 14.7 Å². The molecule has 1 amide bonds. The highest BCUT2D eigenvalue weighted by Crippen LogP contribution is 2.13. The monoisotopic (exact) mass is 356 g/mol. The molecule has 7 heteroatoms. The molecular weight excluding hydrogens is 332 g/mol. The van der Waals surface area contributed by atoms with Crippen LogP contribution in [0.3, 0.4) is 0 Å². The van der Waals surface area contributed by atoms with Gasteiger partial charge in [0.25, 0.3) is 5.91 Å². The fourth-order valence-corrected chi connectivity index (χ4v) is 3.11. The molecule has 1 aromatic carbocycles. The van der Waals surface area contributed by atoms with Gasteiger partial charge in [0.15, 0.2) is 0 Å². The molecule has 0 spiro atoms. The molecule has 26 heavy (non-hydrogen) atoms. The minimum absolute atomic E-state index is 0.00706. The number of carboxylic acid groups (broad SMARTS) is 1. The average Bonchev–Trinajstić information content (AvgIpc) is 3.11. The smallest absolute Gasteiger partial charge is 0.305 e. The number of carbonyl (C=O) groups is 2. The number of hydrogen-bond donors (Lipinski definition) is 1. The largest absolute Gasteiger partial charge is 0.481 e. The molecule has 138 valence electrons. The van der Waals surface area contributed by atoms with Gasteiger partial charge >= 0.3 is 5.97 Å². The zero-order chi connectivity index (χ0) is 18.5. The fraction of sp³-hybridized carbons (Fsp3) is 0.421. The summed E-state index contributed by atoms with van der Waals surface area (Å²) >= 11 is 0. The van der Waals surface area contributed by atoms with Crippen molar-refractivity contribution in [1.82, 2.24) is 19.6 Å². The molecule has 0 radical (unpaired) electrons. The molecular formula is C19H24N4O3. The number of amides is 1. The van der Waals surface area contributed by atoms with E-state index in [0.717, 1.165) is 19.6 Å². The maximum absolute atomic E-state index is 12.6. The summed E-state index contributed by atoms with van der Waals surface area (Å²) in [6.45, 7) is 6.31. The Hall–Kier alpha value is -2.67. The number of aromatic nitrogens is 2.